The van der Waals surface area contributed by atoms with Crippen LogP contribution in [0.3, 0.4) is 0 Å². The molecule has 0 unspecified atom stereocenters. The van der Waals surface area contributed by atoms with E-state index in [2.05, 4.69) is 30.3 Å². The molecule has 0 bridgehead atoms. The quantitative estimate of drug-likeness (QED) is 0.858. The number of nitrogens with zero attached hydrogens (tertiary/aromatic N) is 1. The molecule has 0 aromatic carbocycles. The highest BCUT2D eigenvalue weighted by Crippen LogP contribution is 2.34. The van der Waals surface area contributed by atoms with Gasteiger partial charge in [-0.05, 0) is 25.3 Å². The van der Waals surface area contributed by atoms with Crippen LogP contribution in [0.4, 0.5) is 0 Å². The summed E-state index contributed by atoms with van der Waals surface area (Å²) in [6.45, 7) is 6.57. The lowest BCUT2D eigenvalue weighted by Crippen LogP contribution is -2.18. The van der Waals surface area contributed by atoms with Crippen LogP contribution in [-0.2, 0) is 6.54 Å². The van der Waals surface area contributed by atoms with Gasteiger partial charge in [0.05, 0.1) is 5.01 Å². The lowest BCUT2D eigenvalue weighted by atomic mass is 9.90. The molecule has 2 nitrogen and oxygen atoms in total. The van der Waals surface area contributed by atoms with E-state index in [1.54, 1.807) is 0 Å². The van der Waals surface area contributed by atoms with E-state index >= 15 is 0 Å². The molecule has 1 aliphatic carbocycles. The molecule has 0 saturated heterocycles. The van der Waals surface area contributed by atoms with Crippen molar-refractivity contribution in [1.82, 2.24) is 10.3 Å². The topological polar surface area (TPSA) is 24.9 Å². The first-order valence-electron chi connectivity index (χ1n) is 6.91. The summed E-state index contributed by atoms with van der Waals surface area (Å²) in [5, 5.41) is 4.87. The number of hydrogen-bond acceptors (Lipinski definition) is 3. The predicted octanol–water partition coefficient (Wildman–Crippen LogP) is 3.94. The van der Waals surface area contributed by atoms with Crippen molar-refractivity contribution >= 4 is 11.3 Å². The molecule has 17 heavy (non-hydrogen) atoms. The van der Waals surface area contributed by atoms with E-state index in [1.165, 1.54) is 42.0 Å². The van der Waals surface area contributed by atoms with E-state index in [4.69, 9.17) is 0 Å². The summed E-state index contributed by atoms with van der Waals surface area (Å²) >= 11 is 1.92. The molecule has 1 aromatic heterocycles. The molecule has 96 valence electrons. The Morgan fingerprint density at radius 2 is 2.12 bits per heavy atom. The van der Waals surface area contributed by atoms with E-state index in [1.807, 2.05) is 11.3 Å². The van der Waals surface area contributed by atoms with E-state index in [0.29, 0.717) is 0 Å². The summed E-state index contributed by atoms with van der Waals surface area (Å²) in [5.41, 5.74) is 0. The molecule has 0 spiro atoms. The molecule has 1 saturated carbocycles. The maximum atomic E-state index is 4.62. The lowest BCUT2D eigenvalue weighted by Gasteiger charge is -2.18. The van der Waals surface area contributed by atoms with Crippen molar-refractivity contribution in [1.29, 1.82) is 0 Å². The summed E-state index contributed by atoms with van der Waals surface area (Å²) in [6.07, 6.45) is 8.99. The van der Waals surface area contributed by atoms with E-state index in [-0.39, 0.29) is 0 Å². The number of aromatic nitrogens is 1. The Kier molecular flexibility index (Phi) is 4.99. The maximum absolute atomic E-state index is 4.62. The monoisotopic (exact) mass is 252 g/mol. The SMILES string of the molecule is CC(C)CNCc1cnc(C2CCCCC2)s1. The van der Waals surface area contributed by atoms with Crippen molar-refractivity contribution in [3.05, 3.63) is 16.1 Å². The Bertz CT molecular complexity index is 327. The molecule has 0 aliphatic heterocycles. The van der Waals surface area contributed by atoms with Gasteiger partial charge >= 0.3 is 0 Å². The van der Waals surface area contributed by atoms with Gasteiger partial charge in [-0.2, -0.15) is 0 Å². The Balaban J connectivity index is 1.82. The van der Waals surface area contributed by atoms with Gasteiger partial charge < -0.3 is 5.32 Å². The minimum absolute atomic E-state index is 0.723. The van der Waals surface area contributed by atoms with Crippen LogP contribution in [0.5, 0.6) is 0 Å². The zero-order chi connectivity index (χ0) is 12.1. The Morgan fingerprint density at radius 3 is 2.82 bits per heavy atom. The smallest absolute Gasteiger partial charge is 0.0959 e. The molecule has 0 radical (unpaired) electrons. The molecule has 3 heteroatoms. The second-order valence-electron chi connectivity index (χ2n) is 5.52. The van der Waals surface area contributed by atoms with Gasteiger partial charge in [-0.25, -0.2) is 4.98 Å². The molecule has 2 rings (SSSR count). The molecule has 1 heterocycles. The first kappa shape index (κ1) is 13.0. The lowest BCUT2D eigenvalue weighted by molar-refractivity contribution is 0.442. The Morgan fingerprint density at radius 1 is 1.35 bits per heavy atom. The van der Waals surface area contributed by atoms with Gasteiger partial charge in [0.2, 0.25) is 0 Å². The van der Waals surface area contributed by atoms with Crippen LogP contribution in [0.1, 0.15) is 61.8 Å². The van der Waals surface area contributed by atoms with E-state index in [9.17, 15) is 0 Å². The molecule has 1 fully saturated rings. The Hall–Kier alpha value is -0.410. The highest BCUT2D eigenvalue weighted by molar-refractivity contribution is 7.11. The molecular formula is C14H24N2S. The van der Waals surface area contributed by atoms with Crippen LogP contribution in [0.2, 0.25) is 0 Å². The summed E-state index contributed by atoms with van der Waals surface area (Å²) in [6, 6.07) is 0. The van der Waals surface area contributed by atoms with Crippen molar-refractivity contribution in [2.24, 2.45) is 5.92 Å². The highest BCUT2D eigenvalue weighted by atomic mass is 32.1. The second kappa shape index (κ2) is 6.50. The van der Waals surface area contributed by atoms with Crippen molar-refractivity contribution in [2.75, 3.05) is 6.54 Å². The average molecular weight is 252 g/mol. The van der Waals surface area contributed by atoms with Crippen LogP contribution in [0.25, 0.3) is 0 Å². The molecule has 1 aromatic rings. The maximum Gasteiger partial charge on any atom is 0.0959 e. The molecule has 0 amide bonds. The predicted molar refractivity (Wildman–Crippen MR) is 74.5 cm³/mol. The van der Waals surface area contributed by atoms with Crippen LogP contribution < -0.4 is 5.32 Å². The zero-order valence-corrected chi connectivity index (χ0v) is 11.9. The van der Waals surface area contributed by atoms with E-state index < -0.39 is 0 Å². The van der Waals surface area contributed by atoms with Gasteiger partial charge in [0, 0.05) is 23.5 Å². The standard InChI is InChI=1S/C14H24N2S/c1-11(2)8-15-9-13-10-16-14(17-13)12-6-4-3-5-7-12/h10-12,15H,3-9H2,1-2H3. The van der Waals surface area contributed by atoms with Crippen LogP contribution in [-0.4, -0.2) is 11.5 Å². The van der Waals surface area contributed by atoms with Gasteiger partial charge in [0.25, 0.3) is 0 Å². The first-order chi connectivity index (χ1) is 8.25. The number of rotatable bonds is 5. The normalized spacial score (nSPS) is 17.8. The number of nitrogens with one attached hydrogen (secondary N) is 1. The van der Waals surface area contributed by atoms with Crippen molar-refractivity contribution in [3.63, 3.8) is 0 Å². The van der Waals surface area contributed by atoms with Crippen molar-refractivity contribution in [2.45, 2.75) is 58.4 Å². The molecule has 1 N–H and O–H groups in total. The molecule has 1 aliphatic rings. The third-order valence-electron chi connectivity index (χ3n) is 3.38. The van der Waals surface area contributed by atoms with Gasteiger partial charge in [-0.3, -0.25) is 0 Å². The second-order valence-corrected chi connectivity index (χ2v) is 6.67. The van der Waals surface area contributed by atoms with Crippen molar-refractivity contribution in [3.8, 4) is 0 Å². The first-order valence-corrected chi connectivity index (χ1v) is 7.72. The van der Waals surface area contributed by atoms with Crippen LogP contribution >= 0.6 is 11.3 Å². The number of thiazole rings is 1. The van der Waals surface area contributed by atoms with Gasteiger partial charge in [-0.1, -0.05) is 33.1 Å². The summed E-state index contributed by atoms with van der Waals surface area (Å²) in [7, 11) is 0. The summed E-state index contributed by atoms with van der Waals surface area (Å²) < 4.78 is 0. The van der Waals surface area contributed by atoms with Gasteiger partial charge in [0.15, 0.2) is 0 Å². The highest BCUT2D eigenvalue weighted by Gasteiger charge is 2.18. The largest absolute Gasteiger partial charge is 0.312 e. The average Bonchev–Trinajstić information content (AvgIpc) is 2.78. The fourth-order valence-electron chi connectivity index (χ4n) is 2.43. The third-order valence-corrected chi connectivity index (χ3v) is 4.54. The minimum atomic E-state index is 0.723. The summed E-state index contributed by atoms with van der Waals surface area (Å²) in [5.74, 6) is 1.48. The minimum Gasteiger partial charge on any atom is -0.312 e. The van der Waals surface area contributed by atoms with Crippen molar-refractivity contribution < 1.29 is 0 Å². The van der Waals surface area contributed by atoms with E-state index in [0.717, 1.165) is 24.9 Å². The fraction of sp³-hybridized carbons (Fsp3) is 0.786. The third kappa shape index (κ3) is 4.07. The van der Waals surface area contributed by atoms with Crippen LogP contribution in [0, 0.1) is 5.92 Å². The van der Waals surface area contributed by atoms with Gasteiger partial charge in [0.1, 0.15) is 0 Å². The molecular weight excluding hydrogens is 228 g/mol. The van der Waals surface area contributed by atoms with Gasteiger partial charge in [-0.15, -0.1) is 11.3 Å². The van der Waals surface area contributed by atoms with Crippen LogP contribution in [0.15, 0.2) is 6.20 Å². The summed E-state index contributed by atoms with van der Waals surface area (Å²) in [4.78, 5) is 6.01. The molecule has 0 atom stereocenters. The fourth-order valence-corrected chi connectivity index (χ4v) is 3.48. The zero-order valence-electron chi connectivity index (χ0n) is 11.0. The number of hydrogen-bond donors (Lipinski definition) is 1. The Labute approximate surface area is 109 Å².